The molecule has 3 aromatic carbocycles. The van der Waals surface area contributed by atoms with Gasteiger partial charge in [0.25, 0.3) is 0 Å². The van der Waals surface area contributed by atoms with Crippen LogP contribution in [0.1, 0.15) is 0 Å². The Morgan fingerprint density at radius 2 is 1.16 bits per heavy atom. The van der Waals surface area contributed by atoms with Gasteiger partial charge in [-0.25, -0.2) is 0 Å². The van der Waals surface area contributed by atoms with Crippen molar-refractivity contribution in [3.63, 3.8) is 0 Å². The van der Waals surface area contributed by atoms with Crippen LogP contribution in [0.5, 0.6) is 11.5 Å². The summed E-state index contributed by atoms with van der Waals surface area (Å²) in [6.07, 6.45) is 2.10. The van der Waals surface area contributed by atoms with Crippen LogP contribution < -0.4 is 25.4 Å². The summed E-state index contributed by atoms with van der Waals surface area (Å²) < 4.78 is 11.3. The molecule has 4 heteroatoms. The van der Waals surface area contributed by atoms with Crippen molar-refractivity contribution in [1.29, 1.82) is 0 Å². The minimum absolute atomic E-state index is 0.776. The van der Waals surface area contributed by atoms with Crippen molar-refractivity contribution in [2.45, 2.75) is 4.90 Å². The lowest BCUT2D eigenvalue weighted by molar-refractivity contribution is 0.417. The molecule has 0 aliphatic carbocycles. The first kappa shape index (κ1) is 17.8. The Hall–Kier alpha value is -1.96. The lowest BCUT2D eigenvalue weighted by Gasteiger charge is -2.23. The molecule has 0 atom stereocenters. The topological polar surface area (TPSA) is 18.5 Å². The number of rotatable bonds is 6. The van der Waals surface area contributed by atoms with Gasteiger partial charge in [0.1, 0.15) is 11.5 Å². The zero-order chi connectivity index (χ0) is 17.6. The van der Waals surface area contributed by atoms with Gasteiger partial charge in [-0.3, -0.25) is 0 Å². The molecular weight excluding hydrogens is 347 g/mol. The van der Waals surface area contributed by atoms with Gasteiger partial charge in [0.2, 0.25) is 0 Å². The number of thioether (sulfide) groups is 1. The van der Waals surface area contributed by atoms with Crippen molar-refractivity contribution in [2.24, 2.45) is 0 Å². The molecular formula is C21H21O2PS. The van der Waals surface area contributed by atoms with Gasteiger partial charge in [-0.2, -0.15) is 0 Å². The fourth-order valence-corrected chi connectivity index (χ4v) is 5.68. The van der Waals surface area contributed by atoms with Crippen LogP contribution in [-0.2, 0) is 0 Å². The van der Waals surface area contributed by atoms with E-state index in [4.69, 9.17) is 9.47 Å². The molecule has 0 aromatic heterocycles. The first-order valence-electron chi connectivity index (χ1n) is 7.98. The minimum atomic E-state index is -0.776. The van der Waals surface area contributed by atoms with Crippen LogP contribution in [0.4, 0.5) is 0 Å². The quantitative estimate of drug-likeness (QED) is 0.480. The highest BCUT2D eigenvalue weighted by Crippen LogP contribution is 2.39. The largest absolute Gasteiger partial charge is 0.496 e. The van der Waals surface area contributed by atoms with Gasteiger partial charge in [-0.1, -0.05) is 48.5 Å². The zero-order valence-electron chi connectivity index (χ0n) is 14.6. The van der Waals surface area contributed by atoms with Crippen molar-refractivity contribution in [3.8, 4) is 11.5 Å². The van der Waals surface area contributed by atoms with Crippen molar-refractivity contribution in [1.82, 2.24) is 0 Å². The molecule has 0 spiro atoms. The SMILES string of the molecule is COc1ccccc1P(c1ccc(SC)cc1)c1ccccc1OC. The molecule has 3 rings (SSSR count). The fourth-order valence-electron chi connectivity index (χ4n) is 2.77. The maximum Gasteiger partial charge on any atom is 0.127 e. The van der Waals surface area contributed by atoms with E-state index < -0.39 is 7.92 Å². The van der Waals surface area contributed by atoms with E-state index in [0.717, 1.165) is 11.5 Å². The highest BCUT2D eigenvalue weighted by atomic mass is 32.2. The second-order valence-electron chi connectivity index (χ2n) is 5.38. The molecule has 0 aliphatic rings. The lowest BCUT2D eigenvalue weighted by atomic mass is 10.3. The van der Waals surface area contributed by atoms with E-state index in [1.807, 2.05) is 24.3 Å². The molecule has 0 aliphatic heterocycles. The number of ether oxygens (including phenoxy) is 2. The molecule has 0 saturated carbocycles. The maximum atomic E-state index is 5.66. The summed E-state index contributed by atoms with van der Waals surface area (Å²) in [5.41, 5.74) is 0. The predicted octanol–water partition coefficient (Wildman–Crippen LogP) is 4.18. The highest BCUT2D eigenvalue weighted by Gasteiger charge is 2.23. The average Bonchev–Trinajstić information content (AvgIpc) is 2.69. The van der Waals surface area contributed by atoms with Gasteiger partial charge < -0.3 is 9.47 Å². The second-order valence-corrected chi connectivity index (χ2v) is 8.41. The minimum Gasteiger partial charge on any atom is -0.496 e. The molecule has 3 aromatic rings. The van der Waals surface area contributed by atoms with E-state index in [9.17, 15) is 0 Å². The number of hydrogen-bond donors (Lipinski definition) is 0. The number of benzene rings is 3. The third-order valence-electron chi connectivity index (χ3n) is 3.98. The first-order chi connectivity index (χ1) is 12.3. The Kier molecular flexibility index (Phi) is 6.01. The van der Waals surface area contributed by atoms with Crippen LogP contribution in [0.25, 0.3) is 0 Å². The van der Waals surface area contributed by atoms with E-state index in [1.54, 1.807) is 26.0 Å². The summed E-state index contributed by atoms with van der Waals surface area (Å²) >= 11 is 1.75. The molecule has 128 valence electrons. The van der Waals surface area contributed by atoms with E-state index in [2.05, 4.69) is 54.8 Å². The number of methoxy groups -OCH3 is 2. The molecule has 0 radical (unpaired) electrons. The summed E-state index contributed by atoms with van der Waals surface area (Å²) in [4.78, 5) is 1.26. The predicted molar refractivity (Wildman–Crippen MR) is 110 cm³/mol. The smallest absolute Gasteiger partial charge is 0.127 e. The van der Waals surface area contributed by atoms with Gasteiger partial charge in [0.15, 0.2) is 0 Å². The summed E-state index contributed by atoms with van der Waals surface area (Å²) in [6.45, 7) is 0. The van der Waals surface area contributed by atoms with Crippen LogP contribution in [0.2, 0.25) is 0 Å². The Balaban J connectivity index is 2.20. The van der Waals surface area contributed by atoms with Crippen LogP contribution >= 0.6 is 19.7 Å². The fraction of sp³-hybridized carbons (Fsp3) is 0.143. The molecule has 2 nitrogen and oxygen atoms in total. The van der Waals surface area contributed by atoms with Gasteiger partial charge >= 0.3 is 0 Å². The third kappa shape index (κ3) is 3.84. The highest BCUT2D eigenvalue weighted by molar-refractivity contribution is 7.98. The Morgan fingerprint density at radius 3 is 1.60 bits per heavy atom. The van der Waals surface area contributed by atoms with Crippen LogP contribution in [0, 0.1) is 0 Å². The average molecular weight is 368 g/mol. The molecule has 0 bridgehead atoms. The Bertz CT molecular complexity index is 786. The van der Waals surface area contributed by atoms with Crippen LogP contribution in [0.3, 0.4) is 0 Å². The Morgan fingerprint density at radius 1 is 0.680 bits per heavy atom. The standard InChI is InChI=1S/C21H21O2PS/c1-22-18-8-4-6-10-20(18)24(16-12-14-17(25-3)15-13-16)21-11-7-5-9-19(21)23-2/h4-15H,1-3H3. The van der Waals surface area contributed by atoms with Gasteiger partial charge in [-0.15, -0.1) is 11.8 Å². The summed E-state index contributed by atoms with van der Waals surface area (Å²) in [5, 5.41) is 3.67. The van der Waals surface area contributed by atoms with Gasteiger partial charge in [0, 0.05) is 15.5 Å². The number of para-hydroxylation sites is 2. The van der Waals surface area contributed by atoms with Crippen LogP contribution in [-0.4, -0.2) is 20.5 Å². The summed E-state index contributed by atoms with van der Waals surface area (Å²) in [6, 6.07) is 25.3. The van der Waals surface area contributed by atoms with E-state index in [1.165, 1.54) is 20.8 Å². The van der Waals surface area contributed by atoms with Gasteiger partial charge in [0.05, 0.1) is 14.2 Å². The lowest BCUT2D eigenvalue weighted by Crippen LogP contribution is -2.23. The maximum absolute atomic E-state index is 5.66. The van der Waals surface area contributed by atoms with Crippen molar-refractivity contribution in [2.75, 3.05) is 20.5 Å². The summed E-state index contributed by atoms with van der Waals surface area (Å²) in [7, 11) is 2.68. The zero-order valence-corrected chi connectivity index (χ0v) is 16.3. The monoisotopic (exact) mass is 368 g/mol. The van der Waals surface area contributed by atoms with E-state index in [0.29, 0.717) is 0 Å². The van der Waals surface area contributed by atoms with Crippen LogP contribution in [0.15, 0.2) is 77.7 Å². The first-order valence-corrected chi connectivity index (χ1v) is 10.6. The molecule has 0 heterocycles. The third-order valence-corrected chi connectivity index (χ3v) is 7.24. The van der Waals surface area contributed by atoms with E-state index >= 15 is 0 Å². The molecule has 25 heavy (non-hydrogen) atoms. The van der Waals surface area contributed by atoms with Crippen molar-refractivity contribution >= 4 is 35.6 Å². The molecule has 0 fully saturated rings. The van der Waals surface area contributed by atoms with Crippen molar-refractivity contribution in [3.05, 3.63) is 72.8 Å². The Labute approximate surface area is 154 Å². The second kappa shape index (κ2) is 8.42. The molecule has 0 amide bonds. The van der Waals surface area contributed by atoms with Gasteiger partial charge in [-0.05, 0) is 43.7 Å². The molecule has 0 saturated heterocycles. The normalized spacial score (nSPS) is 10.7. The summed E-state index contributed by atoms with van der Waals surface area (Å²) in [5.74, 6) is 1.82. The van der Waals surface area contributed by atoms with E-state index in [-0.39, 0.29) is 0 Å². The molecule has 0 unspecified atom stereocenters. The number of hydrogen-bond acceptors (Lipinski definition) is 3. The molecule has 0 N–H and O–H groups in total. The van der Waals surface area contributed by atoms with Crippen molar-refractivity contribution < 1.29 is 9.47 Å².